The summed E-state index contributed by atoms with van der Waals surface area (Å²) in [7, 11) is 0. The average molecular weight is 326 g/mol. The van der Waals surface area contributed by atoms with E-state index in [0.717, 1.165) is 25.2 Å². The van der Waals surface area contributed by atoms with Crippen molar-refractivity contribution in [2.24, 2.45) is 0 Å². The molecule has 24 heavy (non-hydrogen) atoms. The first-order valence-electron chi connectivity index (χ1n) is 8.45. The third-order valence-corrected chi connectivity index (χ3v) is 4.00. The zero-order valence-corrected chi connectivity index (χ0v) is 14.5. The molecule has 0 atom stereocenters. The van der Waals surface area contributed by atoms with E-state index >= 15 is 0 Å². The van der Waals surface area contributed by atoms with Crippen LogP contribution in [-0.2, 0) is 6.54 Å². The molecule has 0 fully saturated rings. The molecule has 0 aliphatic rings. The highest BCUT2D eigenvalue weighted by molar-refractivity contribution is 5.89. The van der Waals surface area contributed by atoms with Crippen molar-refractivity contribution in [1.29, 1.82) is 0 Å². The third kappa shape index (κ3) is 5.66. The second-order valence-corrected chi connectivity index (χ2v) is 5.61. The van der Waals surface area contributed by atoms with Gasteiger partial charge in [-0.1, -0.05) is 44.2 Å². The van der Waals surface area contributed by atoms with Crippen molar-refractivity contribution in [3.63, 3.8) is 0 Å². The molecule has 128 valence electrons. The quantitative estimate of drug-likeness (QED) is 0.808. The van der Waals surface area contributed by atoms with E-state index in [2.05, 4.69) is 29.0 Å². The number of carbonyl (C=O) groups excluding carboxylic acids is 1. The summed E-state index contributed by atoms with van der Waals surface area (Å²) in [4.78, 5) is 20.9. The molecule has 2 rings (SSSR count). The van der Waals surface area contributed by atoms with Crippen molar-refractivity contribution in [1.82, 2.24) is 14.8 Å². The van der Waals surface area contributed by atoms with Gasteiger partial charge in [0, 0.05) is 25.8 Å². The second kappa shape index (κ2) is 9.67. The van der Waals surface area contributed by atoms with Gasteiger partial charge in [-0.05, 0) is 30.8 Å². The fourth-order valence-electron chi connectivity index (χ4n) is 2.50. The Labute approximate surface area is 144 Å². The first-order chi connectivity index (χ1) is 11.7. The maximum atomic E-state index is 12.7. The van der Waals surface area contributed by atoms with E-state index in [1.54, 1.807) is 12.4 Å². The van der Waals surface area contributed by atoms with Gasteiger partial charge in [-0.3, -0.25) is 4.98 Å². The number of hydrogen-bond donors (Lipinski definition) is 1. The van der Waals surface area contributed by atoms with Crippen LogP contribution in [0.4, 0.5) is 10.5 Å². The van der Waals surface area contributed by atoms with E-state index in [1.165, 1.54) is 0 Å². The molecule has 0 spiro atoms. The van der Waals surface area contributed by atoms with Crippen LogP contribution in [0.2, 0.25) is 0 Å². The topological polar surface area (TPSA) is 48.5 Å². The molecule has 0 bridgehead atoms. The molecule has 0 aliphatic carbocycles. The van der Waals surface area contributed by atoms with Crippen molar-refractivity contribution in [2.75, 3.05) is 31.5 Å². The molecule has 0 radical (unpaired) electrons. The summed E-state index contributed by atoms with van der Waals surface area (Å²) in [6.07, 6.45) is 3.35. The molecule has 1 heterocycles. The van der Waals surface area contributed by atoms with Crippen LogP contribution in [0.15, 0.2) is 54.9 Å². The number of anilines is 1. The van der Waals surface area contributed by atoms with Crippen LogP contribution in [0.5, 0.6) is 0 Å². The molecule has 5 heteroatoms. The van der Waals surface area contributed by atoms with Crippen molar-refractivity contribution in [3.8, 4) is 0 Å². The molecule has 0 unspecified atom stereocenters. The molecule has 1 aromatic carbocycles. The van der Waals surface area contributed by atoms with Gasteiger partial charge in [0.25, 0.3) is 0 Å². The Morgan fingerprint density at radius 2 is 1.79 bits per heavy atom. The predicted molar refractivity (Wildman–Crippen MR) is 97.9 cm³/mol. The van der Waals surface area contributed by atoms with Crippen LogP contribution < -0.4 is 5.32 Å². The summed E-state index contributed by atoms with van der Waals surface area (Å²) in [5.74, 6) is 0. The normalized spacial score (nSPS) is 10.6. The molecule has 1 N–H and O–H groups in total. The number of rotatable bonds is 8. The predicted octanol–water partition coefficient (Wildman–Crippen LogP) is 3.46. The molecule has 2 aromatic rings. The number of aromatic nitrogens is 1. The van der Waals surface area contributed by atoms with E-state index in [1.807, 2.05) is 47.4 Å². The van der Waals surface area contributed by atoms with Crippen LogP contribution >= 0.6 is 0 Å². The number of hydrogen-bond acceptors (Lipinski definition) is 3. The molecule has 2 amide bonds. The lowest BCUT2D eigenvalue weighted by Gasteiger charge is -2.26. The molecular weight excluding hydrogens is 300 g/mol. The lowest BCUT2D eigenvalue weighted by molar-refractivity contribution is 0.194. The maximum absolute atomic E-state index is 12.7. The summed E-state index contributed by atoms with van der Waals surface area (Å²) in [5, 5.41) is 2.93. The number of nitrogens with one attached hydrogen (secondary N) is 1. The maximum Gasteiger partial charge on any atom is 0.322 e. The number of carbonyl (C=O) groups is 1. The lowest BCUT2D eigenvalue weighted by Crippen LogP contribution is -2.40. The van der Waals surface area contributed by atoms with E-state index in [9.17, 15) is 4.79 Å². The summed E-state index contributed by atoms with van der Waals surface area (Å²) < 4.78 is 0. The van der Waals surface area contributed by atoms with Gasteiger partial charge in [-0.25, -0.2) is 4.79 Å². The number of urea groups is 1. The van der Waals surface area contributed by atoms with E-state index in [0.29, 0.717) is 18.8 Å². The van der Waals surface area contributed by atoms with Gasteiger partial charge in [0.1, 0.15) is 0 Å². The van der Waals surface area contributed by atoms with Crippen molar-refractivity contribution in [2.45, 2.75) is 20.4 Å². The Morgan fingerprint density at radius 3 is 2.42 bits per heavy atom. The van der Waals surface area contributed by atoms with Gasteiger partial charge >= 0.3 is 6.03 Å². The monoisotopic (exact) mass is 326 g/mol. The second-order valence-electron chi connectivity index (χ2n) is 5.61. The lowest BCUT2D eigenvalue weighted by atomic mass is 10.2. The fraction of sp³-hybridized carbons (Fsp3) is 0.368. The minimum atomic E-state index is -0.0981. The first kappa shape index (κ1) is 17.9. The largest absolute Gasteiger partial charge is 0.322 e. The fourth-order valence-corrected chi connectivity index (χ4v) is 2.50. The van der Waals surface area contributed by atoms with Crippen LogP contribution in [0, 0.1) is 0 Å². The van der Waals surface area contributed by atoms with Crippen LogP contribution in [0.25, 0.3) is 0 Å². The summed E-state index contributed by atoms with van der Waals surface area (Å²) in [6, 6.07) is 13.6. The van der Waals surface area contributed by atoms with Gasteiger partial charge in [0.15, 0.2) is 0 Å². The SMILES string of the molecule is CCN(CC)CCN(Cc1ccccc1)C(=O)Nc1cccnc1. The Kier molecular flexibility index (Phi) is 7.23. The molecule has 5 nitrogen and oxygen atoms in total. The first-order valence-corrected chi connectivity index (χ1v) is 8.45. The van der Waals surface area contributed by atoms with Gasteiger partial charge in [0.05, 0.1) is 11.9 Å². The number of amides is 2. The Bertz CT molecular complexity index is 599. The van der Waals surface area contributed by atoms with Gasteiger partial charge < -0.3 is 15.1 Å². The van der Waals surface area contributed by atoms with Gasteiger partial charge in [-0.2, -0.15) is 0 Å². The van der Waals surface area contributed by atoms with Gasteiger partial charge in [0.2, 0.25) is 0 Å². The zero-order valence-electron chi connectivity index (χ0n) is 14.5. The highest BCUT2D eigenvalue weighted by atomic mass is 16.2. The number of pyridine rings is 1. The Hall–Kier alpha value is -2.40. The molecule has 0 saturated heterocycles. The number of benzene rings is 1. The summed E-state index contributed by atoms with van der Waals surface area (Å²) in [5.41, 5.74) is 1.83. The molecule has 1 aromatic heterocycles. The minimum Gasteiger partial charge on any atom is -0.319 e. The van der Waals surface area contributed by atoms with E-state index in [4.69, 9.17) is 0 Å². The van der Waals surface area contributed by atoms with Crippen molar-refractivity contribution >= 4 is 11.7 Å². The average Bonchev–Trinajstić information content (AvgIpc) is 2.63. The van der Waals surface area contributed by atoms with Crippen LogP contribution in [0.1, 0.15) is 19.4 Å². The summed E-state index contributed by atoms with van der Waals surface area (Å²) in [6.45, 7) is 8.39. The van der Waals surface area contributed by atoms with Gasteiger partial charge in [-0.15, -0.1) is 0 Å². The van der Waals surface area contributed by atoms with Crippen LogP contribution in [0.3, 0.4) is 0 Å². The van der Waals surface area contributed by atoms with Crippen molar-refractivity contribution < 1.29 is 4.79 Å². The Morgan fingerprint density at radius 1 is 1.04 bits per heavy atom. The number of likely N-dealkylation sites (N-methyl/N-ethyl adjacent to an activating group) is 1. The van der Waals surface area contributed by atoms with Crippen LogP contribution in [-0.4, -0.2) is 47.0 Å². The molecule has 0 aliphatic heterocycles. The molecular formula is C19H26N4O. The number of nitrogens with zero attached hydrogens (tertiary/aromatic N) is 3. The minimum absolute atomic E-state index is 0.0981. The van der Waals surface area contributed by atoms with Crippen molar-refractivity contribution in [3.05, 3.63) is 60.4 Å². The highest BCUT2D eigenvalue weighted by Gasteiger charge is 2.15. The summed E-state index contributed by atoms with van der Waals surface area (Å²) >= 11 is 0. The van der Waals surface area contributed by atoms with E-state index < -0.39 is 0 Å². The standard InChI is InChI=1S/C19H26N4O/c1-3-22(4-2)13-14-23(16-17-9-6-5-7-10-17)19(24)21-18-11-8-12-20-15-18/h5-12,15H,3-4,13-14,16H2,1-2H3,(H,21,24). The molecule has 0 saturated carbocycles. The third-order valence-electron chi connectivity index (χ3n) is 4.00. The Balaban J connectivity index is 2.04. The zero-order chi connectivity index (χ0) is 17.2. The smallest absolute Gasteiger partial charge is 0.319 e. The highest BCUT2D eigenvalue weighted by Crippen LogP contribution is 2.09. The van der Waals surface area contributed by atoms with E-state index in [-0.39, 0.29) is 6.03 Å².